The van der Waals surface area contributed by atoms with Crippen LogP contribution in [0.1, 0.15) is 13.8 Å². The van der Waals surface area contributed by atoms with Gasteiger partial charge in [-0.15, -0.1) is 0 Å². The number of aromatic amines is 1. The fraction of sp³-hybridized carbons (Fsp3) is 0.286. The van der Waals surface area contributed by atoms with E-state index >= 15 is 0 Å². The highest BCUT2D eigenvalue weighted by molar-refractivity contribution is 5.93. The minimum Gasteiger partial charge on any atom is -0.389 e. The van der Waals surface area contributed by atoms with Crippen molar-refractivity contribution >= 4 is 10.9 Å². The van der Waals surface area contributed by atoms with Crippen LogP contribution in [0.15, 0.2) is 36.8 Å². The Morgan fingerprint density at radius 2 is 2.11 bits per heavy atom. The van der Waals surface area contributed by atoms with E-state index in [1.807, 2.05) is 30.5 Å². The molecule has 2 aromatic heterocycles. The predicted molar refractivity (Wildman–Crippen MR) is 73.6 cm³/mol. The first-order chi connectivity index (χ1) is 9.04. The molecule has 0 bridgehead atoms. The van der Waals surface area contributed by atoms with E-state index in [4.69, 9.17) is 0 Å². The van der Waals surface area contributed by atoms with Gasteiger partial charge in [0.1, 0.15) is 6.33 Å². The molecule has 3 aromatic rings. The topological polar surface area (TPSA) is 66.7 Å². The Morgan fingerprint density at radius 3 is 2.89 bits per heavy atom. The molecule has 0 aliphatic rings. The molecule has 0 spiro atoms. The summed E-state index contributed by atoms with van der Waals surface area (Å²) in [6, 6.07) is 8.06. The van der Waals surface area contributed by atoms with E-state index in [0.717, 1.165) is 22.3 Å². The van der Waals surface area contributed by atoms with Gasteiger partial charge < -0.3 is 10.1 Å². The summed E-state index contributed by atoms with van der Waals surface area (Å²) in [6.07, 6.45) is 3.44. The molecule has 5 heteroatoms. The third-order valence-electron chi connectivity index (χ3n) is 2.98. The molecule has 2 heterocycles. The molecule has 0 atom stereocenters. The average Bonchev–Trinajstić information content (AvgIpc) is 2.92. The minimum absolute atomic E-state index is 0.405. The van der Waals surface area contributed by atoms with Crippen molar-refractivity contribution in [3.8, 4) is 11.4 Å². The smallest absolute Gasteiger partial charge is 0.160 e. The second-order valence-corrected chi connectivity index (χ2v) is 5.30. The quantitative estimate of drug-likeness (QED) is 0.755. The molecule has 0 aliphatic carbocycles. The van der Waals surface area contributed by atoms with Crippen LogP contribution in [0.4, 0.5) is 0 Å². The summed E-state index contributed by atoms with van der Waals surface area (Å²) in [5, 5.41) is 15.2. The van der Waals surface area contributed by atoms with Gasteiger partial charge in [0.25, 0.3) is 0 Å². The summed E-state index contributed by atoms with van der Waals surface area (Å²) in [6.45, 7) is 3.92. The molecule has 5 nitrogen and oxygen atoms in total. The Hall–Kier alpha value is -2.14. The number of hydrogen-bond donors (Lipinski definition) is 2. The van der Waals surface area contributed by atoms with Crippen molar-refractivity contribution < 1.29 is 5.11 Å². The molecule has 2 N–H and O–H groups in total. The second-order valence-electron chi connectivity index (χ2n) is 5.30. The van der Waals surface area contributed by atoms with Gasteiger partial charge in [-0.2, -0.15) is 5.10 Å². The van der Waals surface area contributed by atoms with Crippen molar-refractivity contribution in [1.82, 2.24) is 19.7 Å². The molecule has 0 amide bonds. The van der Waals surface area contributed by atoms with Gasteiger partial charge in [-0.1, -0.05) is 18.2 Å². The average molecular weight is 256 g/mol. The highest BCUT2D eigenvalue weighted by Gasteiger charge is 2.18. The van der Waals surface area contributed by atoms with E-state index in [9.17, 15) is 5.11 Å². The third-order valence-corrected chi connectivity index (χ3v) is 2.98. The highest BCUT2D eigenvalue weighted by Crippen LogP contribution is 2.27. The zero-order valence-electron chi connectivity index (χ0n) is 11.0. The van der Waals surface area contributed by atoms with Gasteiger partial charge in [0, 0.05) is 22.7 Å². The van der Waals surface area contributed by atoms with Gasteiger partial charge in [0.15, 0.2) is 5.82 Å². The van der Waals surface area contributed by atoms with Crippen molar-refractivity contribution in [2.75, 3.05) is 0 Å². The van der Waals surface area contributed by atoms with Crippen LogP contribution < -0.4 is 0 Å². The summed E-state index contributed by atoms with van der Waals surface area (Å²) >= 11 is 0. The zero-order chi connectivity index (χ0) is 13.5. The standard InChI is InChI=1S/C14H16N4O/c1-14(2,19)8-18-13(16-9-17-18)11-7-15-12-6-4-3-5-10(11)12/h3-7,9,15,19H,8H2,1-2H3. The van der Waals surface area contributed by atoms with E-state index in [-0.39, 0.29) is 0 Å². The van der Waals surface area contributed by atoms with Crippen molar-refractivity contribution in [3.05, 3.63) is 36.8 Å². The van der Waals surface area contributed by atoms with E-state index in [0.29, 0.717) is 6.54 Å². The summed E-state index contributed by atoms with van der Waals surface area (Å²) in [4.78, 5) is 7.54. The van der Waals surface area contributed by atoms with Crippen LogP contribution in [0.5, 0.6) is 0 Å². The third kappa shape index (κ3) is 2.24. The molecular formula is C14H16N4O. The van der Waals surface area contributed by atoms with Crippen LogP contribution in [0, 0.1) is 0 Å². The number of H-pyrrole nitrogens is 1. The highest BCUT2D eigenvalue weighted by atomic mass is 16.3. The van der Waals surface area contributed by atoms with Crippen LogP contribution in [0.3, 0.4) is 0 Å². The Kier molecular flexibility index (Phi) is 2.64. The summed E-state index contributed by atoms with van der Waals surface area (Å²) in [7, 11) is 0. The lowest BCUT2D eigenvalue weighted by Gasteiger charge is -2.17. The van der Waals surface area contributed by atoms with Crippen LogP contribution >= 0.6 is 0 Å². The lowest BCUT2D eigenvalue weighted by molar-refractivity contribution is 0.0582. The molecule has 19 heavy (non-hydrogen) atoms. The Bertz CT molecular complexity index is 705. The molecule has 1 aromatic carbocycles. The van der Waals surface area contributed by atoms with Crippen molar-refractivity contribution in [2.45, 2.75) is 26.0 Å². The van der Waals surface area contributed by atoms with Gasteiger partial charge in [-0.3, -0.25) is 0 Å². The largest absolute Gasteiger partial charge is 0.389 e. The normalized spacial score (nSPS) is 12.2. The monoisotopic (exact) mass is 256 g/mol. The van der Waals surface area contributed by atoms with Crippen LogP contribution in [0.2, 0.25) is 0 Å². The minimum atomic E-state index is -0.825. The molecule has 98 valence electrons. The number of aromatic nitrogens is 4. The lowest BCUT2D eigenvalue weighted by atomic mass is 10.1. The number of nitrogens with one attached hydrogen (secondary N) is 1. The molecule has 0 saturated heterocycles. The first-order valence-corrected chi connectivity index (χ1v) is 6.21. The van der Waals surface area contributed by atoms with Crippen molar-refractivity contribution in [1.29, 1.82) is 0 Å². The van der Waals surface area contributed by atoms with E-state index in [1.165, 1.54) is 6.33 Å². The number of benzene rings is 1. The van der Waals surface area contributed by atoms with E-state index in [1.54, 1.807) is 18.5 Å². The van der Waals surface area contributed by atoms with Crippen LogP contribution in [0.25, 0.3) is 22.3 Å². The molecule has 0 fully saturated rings. The molecular weight excluding hydrogens is 240 g/mol. The number of nitrogens with zero attached hydrogens (tertiary/aromatic N) is 3. The van der Waals surface area contributed by atoms with Gasteiger partial charge in [-0.25, -0.2) is 9.67 Å². The first kappa shape index (κ1) is 11.9. The maximum absolute atomic E-state index is 9.93. The summed E-state index contributed by atoms with van der Waals surface area (Å²) in [5.74, 6) is 0.763. The molecule has 3 rings (SSSR count). The fourth-order valence-corrected chi connectivity index (χ4v) is 2.21. The number of fused-ring (bicyclic) bond motifs is 1. The van der Waals surface area contributed by atoms with Gasteiger partial charge in [-0.05, 0) is 19.9 Å². The summed E-state index contributed by atoms with van der Waals surface area (Å²) in [5.41, 5.74) is 1.24. The maximum atomic E-state index is 9.93. The second kappa shape index (κ2) is 4.20. The van der Waals surface area contributed by atoms with E-state index in [2.05, 4.69) is 15.1 Å². The van der Waals surface area contributed by atoms with Crippen LogP contribution in [-0.4, -0.2) is 30.5 Å². The van der Waals surface area contributed by atoms with Gasteiger partial charge >= 0.3 is 0 Å². The SMILES string of the molecule is CC(C)(O)Cn1ncnc1-c1c[nH]c2ccccc12. The first-order valence-electron chi connectivity index (χ1n) is 6.21. The number of para-hydroxylation sites is 1. The van der Waals surface area contributed by atoms with Crippen molar-refractivity contribution in [2.24, 2.45) is 0 Å². The van der Waals surface area contributed by atoms with E-state index < -0.39 is 5.60 Å². The molecule has 0 aliphatic heterocycles. The summed E-state index contributed by atoms with van der Waals surface area (Å²) < 4.78 is 1.73. The lowest BCUT2D eigenvalue weighted by Crippen LogP contribution is -2.27. The molecule has 0 saturated carbocycles. The van der Waals surface area contributed by atoms with Gasteiger partial charge in [0.05, 0.1) is 12.1 Å². The number of rotatable bonds is 3. The van der Waals surface area contributed by atoms with Gasteiger partial charge in [0.2, 0.25) is 0 Å². The number of aliphatic hydroxyl groups is 1. The fourth-order valence-electron chi connectivity index (χ4n) is 2.21. The Balaban J connectivity index is 2.10. The zero-order valence-corrected chi connectivity index (χ0v) is 11.0. The molecule has 0 unspecified atom stereocenters. The molecule has 0 radical (unpaired) electrons. The Labute approximate surface area is 110 Å². The maximum Gasteiger partial charge on any atom is 0.160 e. The Morgan fingerprint density at radius 1 is 1.32 bits per heavy atom. The predicted octanol–water partition coefficient (Wildman–Crippen LogP) is 2.20. The van der Waals surface area contributed by atoms with Crippen molar-refractivity contribution in [3.63, 3.8) is 0 Å². The van der Waals surface area contributed by atoms with Crippen LogP contribution in [-0.2, 0) is 6.54 Å². The number of hydrogen-bond acceptors (Lipinski definition) is 3.